The molecule has 5 heteroatoms. The number of amides is 1. The average Bonchev–Trinajstić information content (AvgIpc) is 2.68. The maximum atomic E-state index is 13.4. The van der Waals surface area contributed by atoms with Gasteiger partial charge in [-0.2, -0.15) is 0 Å². The van der Waals surface area contributed by atoms with Gasteiger partial charge in [-0.25, -0.2) is 9.18 Å². The predicted molar refractivity (Wildman–Crippen MR) is 103 cm³/mol. The molecule has 28 heavy (non-hydrogen) atoms. The lowest BCUT2D eigenvalue weighted by atomic mass is 9.86. The van der Waals surface area contributed by atoms with Crippen LogP contribution in [-0.4, -0.2) is 35.5 Å². The Bertz CT molecular complexity index is 904. The van der Waals surface area contributed by atoms with Crippen LogP contribution in [0.1, 0.15) is 41.3 Å². The standard InChI is InChI=1S/C23H24FNO3/c1-23(15-18-6-2-3-8-20(18)21(26)28-23)22(27)25-11-9-16(10-12-25)13-17-5-4-7-19(24)14-17/h2-8,14,16H,9-13,15H2,1H3. The summed E-state index contributed by atoms with van der Waals surface area (Å²) in [7, 11) is 0. The zero-order valence-electron chi connectivity index (χ0n) is 16.0. The molecule has 2 aliphatic heterocycles. The Morgan fingerprint density at radius 1 is 1.18 bits per heavy atom. The molecule has 0 radical (unpaired) electrons. The Morgan fingerprint density at radius 3 is 2.68 bits per heavy atom. The average molecular weight is 381 g/mol. The molecule has 0 spiro atoms. The number of likely N-dealkylation sites (tertiary alicyclic amines) is 1. The molecule has 1 unspecified atom stereocenters. The number of esters is 1. The number of carbonyl (C=O) groups excluding carboxylic acids is 2. The number of hydrogen-bond acceptors (Lipinski definition) is 3. The minimum Gasteiger partial charge on any atom is -0.445 e. The van der Waals surface area contributed by atoms with E-state index >= 15 is 0 Å². The summed E-state index contributed by atoms with van der Waals surface area (Å²) in [5.41, 5.74) is 1.24. The number of piperidine rings is 1. The van der Waals surface area contributed by atoms with Crippen LogP contribution in [0.4, 0.5) is 4.39 Å². The number of benzene rings is 2. The SMILES string of the molecule is CC1(C(=O)N2CCC(Cc3cccc(F)c3)CC2)Cc2ccccc2C(=O)O1. The number of fused-ring (bicyclic) bond motifs is 1. The van der Waals surface area contributed by atoms with Gasteiger partial charge in [0.05, 0.1) is 5.56 Å². The summed E-state index contributed by atoms with van der Waals surface area (Å²) in [6.07, 6.45) is 2.95. The van der Waals surface area contributed by atoms with Gasteiger partial charge in [-0.05, 0) is 61.4 Å². The van der Waals surface area contributed by atoms with E-state index in [1.807, 2.05) is 23.1 Å². The summed E-state index contributed by atoms with van der Waals surface area (Å²) >= 11 is 0. The highest BCUT2D eigenvalue weighted by molar-refractivity contribution is 5.97. The van der Waals surface area contributed by atoms with Crippen molar-refractivity contribution in [2.75, 3.05) is 13.1 Å². The van der Waals surface area contributed by atoms with Gasteiger partial charge in [0, 0.05) is 19.5 Å². The molecule has 146 valence electrons. The third kappa shape index (κ3) is 3.66. The fraction of sp³-hybridized carbons (Fsp3) is 0.391. The van der Waals surface area contributed by atoms with Gasteiger partial charge in [-0.15, -0.1) is 0 Å². The number of nitrogens with zero attached hydrogens (tertiary/aromatic N) is 1. The van der Waals surface area contributed by atoms with Gasteiger partial charge in [-0.1, -0.05) is 30.3 Å². The number of hydrogen-bond donors (Lipinski definition) is 0. The van der Waals surface area contributed by atoms with Crippen molar-refractivity contribution in [1.82, 2.24) is 4.90 Å². The number of carbonyl (C=O) groups is 2. The molecule has 2 heterocycles. The minimum atomic E-state index is -1.15. The maximum absolute atomic E-state index is 13.4. The van der Waals surface area contributed by atoms with Crippen molar-refractivity contribution in [1.29, 1.82) is 0 Å². The molecule has 1 amide bonds. The molecule has 0 aromatic heterocycles. The molecule has 4 nitrogen and oxygen atoms in total. The smallest absolute Gasteiger partial charge is 0.339 e. The van der Waals surface area contributed by atoms with E-state index in [0.29, 0.717) is 31.0 Å². The molecule has 2 aromatic rings. The summed E-state index contributed by atoms with van der Waals surface area (Å²) in [6, 6.07) is 14.0. The Morgan fingerprint density at radius 2 is 1.93 bits per heavy atom. The van der Waals surface area contributed by atoms with Crippen molar-refractivity contribution in [3.8, 4) is 0 Å². The van der Waals surface area contributed by atoms with Crippen molar-refractivity contribution in [2.24, 2.45) is 5.92 Å². The second-order valence-electron chi connectivity index (χ2n) is 8.02. The molecule has 1 fully saturated rings. The molecule has 1 saturated heterocycles. The van der Waals surface area contributed by atoms with Crippen LogP contribution in [0, 0.1) is 11.7 Å². The highest BCUT2D eigenvalue weighted by atomic mass is 19.1. The van der Waals surface area contributed by atoms with Crippen molar-refractivity contribution in [2.45, 2.75) is 38.2 Å². The van der Waals surface area contributed by atoms with Gasteiger partial charge in [-0.3, -0.25) is 4.79 Å². The lowest BCUT2D eigenvalue weighted by Gasteiger charge is -2.40. The van der Waals surface area contributed by atoms with Crippen LogP contribution in [0.3, 0.4) is 0 Å². The minimum absolute atomic E-state index is 0.125. The number of halogens is 1. The summed E-state index contributed by atoms with van der Waals surface area (Å²) in [6.45, 7) is 2.98. The van der Waals surface area contributed by atoms with Gasteiger partial charge < -0.3 is 9.64 Å². The summed E-state index contributed by atoms with van der Waals surface area (Å²) in [4.78, 5) is 27.3. The van der Waals surface area contributed by atoms with Gasteiger partial charge in [0.2, 0.25) is 0 Å². The second kappa shape index (κ2) is 7.38. The van der Waals surface area contributed by atoms with Crippen LogP contribution in [0.2, 0.25) is 0 Å². The van der Waals surface area contributed by atoms with Crippen molar-refractivity contribution in [3.05, 3.63) is 71.0 Å². The zero-order valence-corrected chi connectivity index (χ0v) is 16.0. The summed E-state index contributed by atoms with van der Waals surface area (Å²) in [5, 5.41) is 0. The van der Waals surface area contributed by atoms with Gasteiger partial charge in [0.25, 0.3) is 5.91 Å². The van der Waals surface area contributed by atoms with Crippen LogP contribution < -0.4 is 0 Å². The largest absolute Gasteiger partial charge is 0.445 e. The highest BCUT2D eigenvalue weighted by Gasteiger charge is 2.45. The van der Waals surface area contributed by atoms with E-state index in [4.69, 9.17) is 4.74 Å². The molecular formula is C23H24FNO3. The Labute approximate surface area is 164 Å². The molecule has 2 aromatic carbocycles. The van der Waals surface area contributed by atoms with E-state index in [1.165, 1.54) is 6.07 Å². The zero-order chi connectivity index (χ0) is 19.7. The fourth-order valence-electron chi connectivity index (χ4n) is 4.32. The normalized spacial score (nSPS) is 22.5. The van der Waals surface area contributed by atoms with Gasteiger partial charge >= 0.3 is 5.97 Å². The Hall–Kier alpha value is -2.69. The first kappa shape index (κ1) is 18.7. The van der Waals surface area contributed by atoms with Crippen LogP contribution in [0.25, 0.3) is 0 Å². The van der Waals surface area contributed by atoms with E-state index in [0.717, 1.165) is 30.4 Å². The van der Waals surface area contributed by atoms with E-state index < -0.39 is 11.6 Å². The third-order valence-electron chi connectivity index (χ3n) is 5.85. The van der Waals surface area contributed by atoms with Crippen LogP contribution in [0.15, 0.2) is 48.5 Å². The molecule has 0 bridgehead atoms. The van der Waals surface area contributed by atoms with Crippen LogP contribution >= 0.6 is 0 Å². The van der Waals surface area contributed by atoms with E-state index in [1.54, 1.807) is 31.2 Å². The molecule has 0 aliphatic carbocycles. The van der Waals surface area contributed by atoms with Gasteiger partial charge in [0.15, 0.2) is 5.60 Å². The quantitative estimate of drug-likeness (QED) is 0.760. The number of cyclic esters (lactones) is 1. The van der Waals surface area contributed by atoms with E-state index in [2.05, 4.69) is 0 Å². The van der Waals surface area contributed by atoms with Crippen LogP contribution in [0.5, 0.6) is 0 Å². The number of ether oxygens (including phenoxy) is 1. The topological polar surface area (TPSA) is 46.6 Å². The first-order valence-corrected chi connectivity index (χ1v) is 9.80. The van der Waals surface area contributed by atoms with E-state index in [-0.39, 0.29) is 11.7 Å². The Kier molecular flexibility index (Phi) is 4.92. The first-order valence-electron chi connectivity index (χ1n) is 9.80. The first-order chi connectivity index (χ1) is 13.4. The summed E-state index contributed by atoms with van der Waals surface area (Å²) in [5.74, 6) is -0.344. The lowest BCUT2D eigenvalue weighted by Crippen LogP contribution is -2.54. The van der Waals surface area contributed by atoms with Crippen molar-refractivity contribution in [3.63, 3.8) is 0 Å². The fourth-order valence-corrected chi connectivity index (χ4v) is 4.32. The van der Waals surface area contributed by atoms with Gasteiger partial charge in [0.1, 0.15) is 5.82 Å². The Balaban J connectivity index is 1.39. The predicted octanol–water partition coefficient (Wildman–Crippen LogP) is 3.78. The van der Waals surface area contributed by atoms with E-state index in [9.17, 15) is 14.0 Å². The molecule has 2 aliphatic rings. The third-order valence-corrected chi connectivity index (χ3v) is 5.85. The molecule has 0 N–H and O–H groups in total. The molecule has 4 rings (SSSR count). The highest BCUT2D eigenvalue weighted by Crippen LogP contribution is 2.31. The monoisotopic (exact) mass is 381 g/mol. The summed E-state index contributed by atoms with van der Waals surface area (Å²) < 4.78 is 19.0. The maximum Gasteiger partial charge on any atom is 0.339 e. The van der Waals surface area contributed by atoms with Crippen LogP contribution in [-0.2, 0) is 22.4 Å². The molecule has 0 saturated carbocycles. The second-order valence-corrected chi connectivity index (χ2v) is 8.02. The molecule has 1 atom stereocenters. The lowest BCUT2D eigenvalue weighted by molar-refractivity contribution is -0.152. The van der Waals surface area contributed by atoms with Crippen molar-refractivity contribution >= 4 is 11.9 Å². The molecular weight excluding hydrogens is 357 g/mol. The van der Waals surface area contributed by atoms with Crippen molar-refractivity contribution < 1.29 is 18.7 Å². The number of rotatable bonds is 3.